The molecule has 1 unspecified atom stereocenters. The first kappa shape index (κ1) is 18.3. The zero-order valence-corrected chi connectivity index (χ0v) is 15.3. The molecule has 4 saturated carbocycles. The van der Waals surface area contributed by atoms with Gasteiger partial charge in [0.2, 0.25) is 6.04 Å². The van der Waals surface area contributed by atoms with E-state index in [1.165, 1.54) is 19.3 Å². The quantitative estimate of drug-likeness (QED) is 0.397. The van der Waals surface area contributed by atoms with E-state index in [1.54, 1.807) is 12.1 Å². The van der Waals surface area contributed by atoms with Gasteiger partial charge in [0, 0.05) is 0 Å². The van der Waals surface area contributed by atoms with Gasteiger partial charge in [-0.05, 0) is 67.0 Å². The molecule has 0 spiro atoms. The molecular formula is C21H25NO5. The van der Waals surface area contributed by atoms with Crippen LogP contribution in [0.1, 0.15) is 44.1 Å². The van der Waals surface area contributed by atoms with E-state index < -0.39 is 17.8 Å². The van der Waals surface area contributed by atoms with Crippen LogP contribution in [0.15, 0.2) is 35.5 Å². The Morgan fingerprint density at radius 2 is 1.63 bits per heavy atom. The van der Waals surface area contributed by atoms with Gasteiger partial charge < -0.3 is 9.47 Å². The van der Waals surface area contributed by atoms with E-state index in [2.05, 4.69) is 5.18 Å². The third-order valence-corrected chi connectivity index (χ3v) is 6.36. The Hall–Kier alpha value is -2.08. The van der Waals surface area contributed by atoms with Crippen molar-refractivity contribution in [1.29, 1.82) is 0 Å². The Kier molecular flexibility index (Phi) is 5.08. The predicted molar refractivity (Wildman–Crippen MR) is 97.7 cm³/mol. The summed E-state index contributed by atoms with van der Waals surface area (Å²) < 4.78 is 11.1. The molecule has 0 aromatic heterocycles. The van der Waals surface area contributed by atoms with Crippen LogP contribution in [0, 0.1) is 22.7 Å². The molecule has 0 heterocycles. The van der Waals surface area contributed by atoms with Crippen LogP contribution in [0.2, 0.25) is 0 Å². The third kappa shape index (κ3) is 3.95. The Morgan fingerprint density at radius 3 is 2.19 bits per heavy atom. The average molecular weight is 371 g/mol. The summed E-state index contributed by atoms with van der Waals surface area (Å²) in [5.41, 5.74) is 0.541. The second kappa shape index (κ2) is 7.50. The van der Waals surface area contributed by atoms with Gasteiger partial charge in [-0.2, -0.15) is 0 Å². The van der Waals surface area contributed by atoms with Crippen LogP contribution in [-0.2, 0) is 25.7 Å². The van der Waals surface area contributed by atoms with E-state index in [4.69, 9.17) is 9.47 Å². The van der Waals surface area contributed by atoms with Crippen molar-refractivity contribution in [2.75, 3.05) is 6.61 Å². The number of carbonyl (C=O) groups excluding carboxylic acids is 2. The summed E-state index contributed by atoms with van der Waals surface area (Å²) in [6.45, 7) is -0.238. The summed E-state index contributed by atoms with van der Waals surface area (Å²) in [5, 5.41) is 2.71. The van der Waals surface area contributed by atoms with Crippen molar-refractivity contribution in [2.24, 2.45) is 22.9 Å². The SMILES string of the molecule is O=NC(C(=O)COC12CC3CC(CC(C3)C1)C2)C(=O)OCc1ccccc1. The molecule has 6 heteroatoms. The highest BCUT2D eigenvalue weighted by atomic mass is 16.5. The number of ketones is 1. The maximum absolute atomic E-state index is 12.4. The first-order valence-corrected chi connectivity index (χ1v) is 9.76. The molecule has 4 fully saturated rings. The summed E-state index contributed by atoms with van der Waals surface area (Å²) in [4.78, 5) is 35.6. The monoisotopic (exact) mass is 371 g/mol. The van der Waals surface area contributed by atoms with Gasteiger partial charge in [0.1, 0.15) is 13.2 Å². The van der Waals surface area contributed by atoms with Gasteiger partial charge in [-0.3, -0.25) is 4.79 Å². The summed E-state index contributed by atoms with van der Waals surface area (Å²) in [7, 11) is 0. The van der Waals surface area contributed by atoms with Crippen LogP contribution in [0.3, 0.4) is 0 Å². The van der Waals surface area contributed by atoms with Crippen molar-refractivity contribution in [3.63, 3.8) is 0 Å². The highest BCUT2D eigenvalue weighted by Gasteiger charge is 2.52. The molecule has 0 N–H and O–H groups in total. The fourth-order valence-electron chi connectivity index (χ4n) is 5.55. The molecule has 1 aromatic carbocycles. The number of hydrogen-bond donors (Lipinski definition) is 0. The van der Waals surface area contributed by atoms with Crippen molar-refractivity contribution in [3.05, 3.63) is 40.8 Å². The molecule has 0 amide bonds. The molecule has 1 aromatic rings. The van der Waals surface area contributed by atoms with Crippen molar-refractivity contribution < 1.29 is 19.1 Å². The number of benzene rings is 1. The first-order valence-electron chi connectivity index (χ1n) is 9.76. The van der Waals surface area contributed by atoms with Gasteiger partial charge in [-0.1, -0.05) is 30.3 Å². The minimum Gasteiger partial charge on any atom is -0.459 e. The van der Waals surface area contributed by atoms with Gasteiger partial charge in [0.15, 0.2) is 5.78 Å². The van der Waals surface area contributed by atoms with Crippen molar-refractivity contribution in [3.8, 4) is 0 Å². The molecule has 27 heavy (non-hydrogen) atoms. The van der Waals surface area contributed by atoms with Gasteiger partial charge in [-0.15, -0.1) is 4.91 Å². The molecule has 6 nitrogen and oxygen atoms in total. The number of ether oxygens (including phenoxy) is 2. The van der Waals surface area contributed by atoms with Crippen molar-refractivity contribution >= 4 is 11.8 Å². The number of Topliss-reactive ketones (excluding diaryl/α,β-unsaturated/α-hetero) is 1. The Balaban J connectivity index is 1.31. The number of rotatable bonds is 8. The minimum absolute atomic E-state index is 0.00874. The van der Waals surface area contributed by atoms with Crippen LogP contribution in [0.5, 0.6) is 0 Å². The summed E-state index contributed by atoms with van der Waals surface area (Å²) in [6, 6.07) is 7.45. The standard InChI is InChI=1S/C21H25NO5/c23-18(19(22-25)20(24)26-12-14-4-2-1-3-5-14)13-27-21-9-15-6-16(10-21)8-17(7-15)11-21/h1-5,15-17,19H,6-13H2. The van der Waals surface area contributed by atoms with E-state index in [9.17, 15) is 14.5 Å². The zero-order chi connectivity index (χ0) is 18.9. The molecule has 5 rings (SSSR count). The third-order valence-electron chi connectivity index (χ3n) is 6.36. The molecule has 4 aliphatic rings. The number of esters is 1. The molecular weight excluding hydrogens is 346 g/mol. The minimum atomic E-state index is -1.65. The first-order chi connectivity index (χ1) is 13.1. The molecule has 144 valence electrons. The molecule has 0 aliphatic heterocycles. The topological polar surface area (TPSA) is 82.0 Å². The number of hydrogen-bond acceptors (Lipinski definition) is 6. The van der Waals surface area contributed by atoms with E-state index in [-0.39, 0.29) is 18.8 Å². The zero-order valence-electron chi connectivity index (χ0n) is 15.3. The highest BCUT2D eigenvalue weighted by Crippen LogP contribution is 2.57. The van der Waals surface area contributed by atoms with Crippen LogP contribution >= 0.6 is 0 Å². The van der Waals surface area contributed by atoms with Crippen LogP contribution < -0.4 is 0 Å². The Labute approximate surface area is 158 Å². The van der Waals surface area contributed by atoms with Gasteiger partial charge in [-0.25, -0.2) is 4.79 Å². The Bertz CT molecular complexity index is 681. The van der Waals surface area contributed by atoms with E-state index in [0.29, 0.717) is 17.8 Å². The summed E-state index contributed by atoms with van der Waals surface area (Å²) in [6.07, 6.45) is 6.81. The smallest absolute Gasteiger partial charge is 0.342 e. The molecule has 4 bridgehead atoms. The maximum atomic E-state index is 12.4. The van der Waals surface area contributed by atoms with Crippen LogP contribution in [-0.4, -0.2) is 30.0 Å². The van der Waals surface area contributed by atoms with Crippen LogP contribution in [0.4, 0.5) is 0 Å². The second-order valence-electron chi connectivity index (χ2n) is 8.46. The molecule has 0 saturated heterocycles. The van der Waals surface area contributed by atoms with Gasteiger partial charge >= 0.3 is 5.97 Å². The lowest BCUT2D eigenvalue weighted by atomic mass is 9.54. The second-order valence-corrected chi connectivity index (χ2v) is 8.46. The lowest BCUT2D eigenvalue weighted by Crippen LogP contribution is -2.52. The fourth-order valence-corrected chi connectivity index (χ4v) is 5.55. The molecule has 1 atom stereocenters. The fraction of sp³-hybridized carbons (Fsp3) is 0.619. The van der Waals surface area contributed by atoms with Crippen LogP contribution in [0.25, 0.3) is 0 Å². The van der Waals surface area contributed by atoms with Gasteiger partial charge in [0.25, 0.3) is 0 Å². The average Bonchev–Trinajstić information content (AvgIpc) is 2.65. The number of nitroso groups, excluding NO2 is 1. The predicted octanol–water partition coefficient (Wildman–Crippen LogP) is 3.42. The largest absolute Gasteiger partial charge is 0.459 e. The summed E-state index contributed by atoms with van der Waals surface area (Å²) >= 11 is 0. The molecule has 4 aliphatic carbocycles. The summed E-state index contributed by atoms with van der Waals surface area (Å²) in [5.74, 6) is 0.568. The van der Waals surface area contributed by atoms with E-state index in [0.717, 1.165) is 24.8 Å². The number of carbonyl (C=O) groups is 2. The van der Waals surface area contributed by atoms with Crippen molar-refractivity contribution in [1.82, 2.24) is 0 Å². The van der Waals surface area contributed by atoms with E-state index >= 15 is 0 Å². The maximum Gasteiger partial charge on any atom is 0.342 e. The lowest BCUT2D eigenvalue weighted by Gasteiger charge is -2.56. The lowest BCUT2D eigenvalue weighted by molar-refractivity contribution is -0.171. The number of nitrogens with zero attached hydrogens (tertiary/aromatic N) is 1. The van der Waals surface area contributed by atoms with Gasteiger partial charge in [0.05, 0.1) is 5.60 Å². The normalized spacial score (nSPS) is 32.1. The highest BCUT2D eigenvalue weighted by molar-refractivity contribution is 6.03. The molecule has 0 radical (unpaired) electrons. The van der Waals surface area contributed by atoms with E-state index in [1.807, 2.05) is 18.2 Å². The Morgan fingerprint density at radius 1 is 1.04 bits per heavy atom. The van der Waals surface area contributed by atoms with Crippen molar-refractivity contribution in [2.45, 2.75) is 56.8 Å².